The van der Waals surface area contributed by atoms with Crippen LogP contribution in [0.2, 0.25) is 0 Å². The molecule has 1 atom stereocenters. The van der Waals surface area contributed by atoms with Crippen molar-refractivity contribution in [3.63, 3.8) is 0 Å². The van der Waals surface area contributed by atoms with Crippen LogP contribution in [0, 0.1) is 18.3 Å². The number of benzene rings is 1. The molecule has 3 heteroatoms. The summed E-state index contributed by atoms with van der Waals surface area (Å²) in [5, 5.41) is 9.67. The first-order valence-electron chi connectivity index (χ1n) is 7.39. The highest BCUT2D eigenvalue weighted by molar-refractivity contribution is 5.79. The van der Waals surface area contributed by atoms with E-state index in [4.69, 9.17) is 5.73 Å². The van der Waals surface area contributed by atoms with E-state index in [9.17, 15) is 9.90 Å². The van der Waals surface area contributed by atoms with Gasteiger partial charge < -0.3 is 10.8 Å². The van der Waals surface area contributed by atoms with E-state index in [1.165, 1.54) is 0 Å². The Morgan fingerprint density at radius 2 is 1.95 bits per heavy atom. The molecule has 0 aromatic heterocycles. The van der Waals surface area contributed by atoms with E-state index in [1.54, 1.807) is 0 Å². The van der Waals surface area contributed by atoms with Gasteiger partial charge in [-0.25, -0.2) is 0 Å². The third kappa shape index (κ3) is 2.97. The van der Waals surface area contributed by atoms with Gasteiger partial charge >= 0.3 is 5.97 Å². The lowest BCUT2D eigenvalue weighted by Crippen LogP contribution is -2.29. The number of hydrogen-bond acceptors (Lipinski definition) is 2. The molecule has 0 spiro atoms. The SMILES string of the molecule is Cc1cccc(C(C(=O)O)C2CCC(C)(C)CC2)c1N. The molecule has 110 valence electrons. The molecule has 0 radical (unpaired) electrons. The molecule has 0 saturated heterocycles. The van der Waals surface area contributed by atoms with Gasteiger partial charge in [0, 0.05) is 5.69 Å². The Bertz CT molecular complexity index is 498. The number of nitrogens with two attached hydrogens (primary N) is 1. The van der Waals surface area contributed by atoms with E-state index in [0.29, 0.717) is 11.1 Å². The number of carboxylic acids is 1. The van der Waals surface area contributed by atoms with Gasteiger partial charge in [0.15, 0.2) is 0 Å². The molecule has 20 heavy (non-hydrogen) atoms. The van der Waals surface area contributed by atoms with Crippen molar-refractivity contribution in [2.24, 2.45) is 11.3 Å². The summed E-state index contributed by atoms with van der Waals surface area (Å²) in [5.41, 5.74) is 8.86. The van der Waals surface area contributed by atoms with Crippen LogP contribution in [-0.2, 0) is 4.79 Å². The summed E-state index contributed by atoms with van der Waals surface area (Å²) in [4.78, 5) is 11.8. The lowest BCUT2D eigenvalue weighted by Gasteiger charge is -2.37. The molecular weight excluding hydrogens is 250 g/mol. The van der Waals surface area contributed by atoms with Crippen LogP contribution in [0.1, 0.15) is 56.6 Å². The monoisotopic (exact) mass is 275 g/mol. The van der Waals surface area contributed by atoms with E-state index in [0.717, 1.165) is 36.8 Å². The van der Waals surface area contributed by atoms with Gasteiger partial charge in [0.1, 0.15) is 0 Å². The lowest BCUT2D eigenvalue weighted by atomic mass is 9.68. The molecule has 1 aliphatic rings. The average Bonchev–Trinajstić information content (AvgIpc) is 2.36. The van der Waals surface area contributed by atoms with Gasteiger partial charge in [-0.15, -0.1) is 0 Å². The largest absolute Gasteiger partial charge is 0.481 e. The Balaban J connectivity index is 2.29. The molecule has 0 aliphatic heterocycles. The fraction of sp³-hybridized carbons (Fsp3) is 0.588. The minimum atomic E-state index is -0.744. The molecular formula is C17H25NO2. The first kappa shape index (κ1) is 14.9. The van der Waals surface area contributed by atoms with Crippen molar-refractivity contribution in [3.8, 4) is 0 Å². The van der Waals surface area contributed by atoms with Crippen LogP contribution in [0.3, 0.4) is 0 Å². The minimum absolute atomic E-state index is 0.199. The molecule has 1 aromatic carbocycles. The van der Waals surface area contributed by atoms with Gasteiger partial charge in [0.2, 0.25) is 0 Å². The maximum atomic E-state index is 11.8. The summed E-state index contributed by atoms with van der Waals surface area (Å²) in [6.07, 6.45) is 4.12. The zero-order chi connectivity index (χ0) is 14.9. The van der Waals surface area contributed by atoms with Crippen molar-refractivity contribution in [2.45, 2.75) is 52.4 Å². The number of carboxylic acid groups (broad SMARTS) is 1. The normalized spacial score (nSPS) is 20.6. The Hall–Kier alpha value is -1.51. The van der Waals surface area contributed by atoms with Gasteiger partial charge in [0.25, 0.3) is 0 Å². The van der Waals surface area contributed by atoms with Crippen LogP contribution < -0.4 is 5.73 Å². The fourth-order valence-corrected chi connectivity index (χ4v) is 3.32. The van der Waals surface area contributed by atoms with Gasteiger partial charge in [0.05, 0.1) is 5.92 Å². The molecule has 1 saturated carbocycles. The number of para-hydroxylation sites is 1. The highest BCUT2D eigenvalue weighted by Crippen LogP contribution is 2.44. The van der Waals surface area contributed by atoms with Crippen LogP contribution in [0.4, 0.5) is 5.69 Å². The Morgan fingerprint density at radius 3 is 2.50 bits per heavy atom. The van der Waals surface area contributed by atoms with Gasteiger partial charge in [-0.3, -0.25) is 4.79 Å². The van der Waals surface area contributed by atoms with Crippen molar-refractivity contribution in [3.05, 3.63) is 29.3 Å². The number of aryl methyl sites for hydroxylation is 1. The second kappa shape index (κ2) is 5.47. The molecule has 1 aliphatic carbocycles. The Kier molecular flexibility index (Phi) is 4.07. The molecule has 1 aromatic rings. The standard InChI is InChI=1S/C17H25NO2/c1-11-5-4-6-13(15(11)18)14(16(19)20)12-7-9-17(2,3)10-8-12/h4-6,12,14H,7-10,18H2,1-3H3,(H,19,20). The molecule has 2 rings (SSSR count). The van der Waals surface area contributed by atoms with Crippen LogP contribution in [0.5, 0.6) is 0 Å². The van der Waals surface area contributed by atoms with E-state index in [1.807, 2.05) is 25.1 Å². The number of carbonyl (C=O) groups is 1. The number of hydrogen-bond donors (Lipinski definition) is 2. The summed E-state index contributed by atoms with van der Waals surface area (Å²) in [5.74, 6) is -1.01. The summed E-state index contributed by atoms with van der Waals surface area (Å²) < 4.78 is 0. The Morgan fingerprint density at radius 1 is 1.35 bits per heavy atom. The van der Waals surface area contributed by atoms with E-state index < -0.39 is 11.9 Å². The second-order valence-corrected chi connectivity index (χ2v) is 6.90. The van der Waals surface area contributed by atoms with Crippen molar-refractivity contribution in [1.82, 2.24) is 0 Å². The number of anilines is 1. The zero-order valence-corrected chi connectivity index (χ0v) is 12.6. The first-order chi connectivity index (χ1) is 9.32. The highest BCUT2D eigenvalue weighted by Gasteiger charge is 2.36. The highest BCUT2D eigenvalue weighted by atomic mass is 16.4. The van der Waals surface area contributed by atoms with Crippen LogP contribution in [0.25, 0.3) is 0 Å². The molecule has 1 fully saturated rings. The quantitative estimate of drug-likeness (QED) is 0.821. The number of nitrogen functional groups attached to an aromatic ring is 1. The van der Waals surface area contributed by atoms with Gasteiger partial charge in [-0.05, 0) is 55.1 Å². The van der Waals surface area contributed by atoms with Crippen molar-refractivity contribution >= 4 is 11.7 Å². The predicted octanol–water partition coefficient (Wildman–Crippen LogP) is 3.96. The van der Waals surface area contributed by atoms with Crippen molar-refractivity contribution in [1.29, 1.82) is 0 Å². The predicted molar refractivity (Wildman–Crippen MR) is 81.7 cm³/mol. The van der Waals surface area contributed by atoms with Crippen molar-refractivity contribution in [2.75, 3.05) is 5.73 Å². The van der Waals surface area contributed by atoms with Crippen LogP contribution in [0.15, 0.2) is 18.2 Å². The van der Waals surface area contributed by atoms with Gasteiger partial charge in [-0.1, -0.05) is 32.0 Å². The maximum absolute atomic E-state index is 11.8. The third-order valence-corrected chi connectivity index (χ3v) is 4.81. The summed E-state index contributed by atoms with van der Waals surface area (Å²) in [7, 11) is 0. The molecule has 0 amide bonds. The molecule has 3 nitrogen and oxygen atoms in total. The van der Waals surface area contributed by atoms with Crippen LogP contribution >= 0.6 is 0 Å². The maximum Gasteiger partial charge on any atom is 0.311 e. The summed E-state index contributed by atoms with van der Waals surface area (Å²) >= 11 is 0. The van der Waals surface area contributed by atoms with E-state index >= 15 is 0 Å². The minimum Gasteiger partial charge on any atom is -0.481 e. The number of aliphatic carboxylic acids is 1. The molecule has 3 N–H and O–H groups in total. The first-order valence-corrected chi connectivity index (χ1v) is 7.39. The summed E-state index contributed by atoms with van der Waals surface area (Å²) in [6.45, 7) is 6.46. The van der Waals surface area contributed by atoms with E-state index in [2.05, 4.69) is 13.8 Å². The average molecular weight is 275 g/mol. The second-order valence-electron chi connectivity index (χ2n) is 6.90. The summed E-state index contributed by atoms with van der Waals surface area (Å²) in [6, 6.07) is 5.71. The lowest BCUT2D eigenvalue weighted by molar-refractivity contribution is -0.140. The smallest absolute Gasteiger partial charge is 0.311 e. The van der Waals surface area contributed by atoms with E-state index in [-0.39, 0.29) is 5.92 Å². The van der Waals surface area contributed by atoms with Crippen molar-refractivity contribution < 1.29 is 9.90 Å². The Labute approximate surface area is 121 Å². The third-order valence-electron chi connectivity index (χ3n) is 4.81. The topological polar surface area (TPSA) is 63.3 Å². The zero-order valence-electron chi connectivity index (χ0n) is 12.6. The van der Waals surface area contributed by atoms with Crippen LogP contribution in [-0.4, -0.2) is 11.1 Å². The van der Waals surface area contributed by atoms with Gasteiger partial charge in [-0.2, -0.15) is 0 Å². The molecule has 0 heterocycles. The molecule has 0 bridgehead atoms. The molecule has 1 unspecified atom stereocenters. The number of rotatable bonds is 3. The fourth-order valence-electron chi connectivity index (χ4n) is 3.32.